The topological polar surface area (TPSA) is 43.4 Å². The summed E-state index contributed by atoms with van der Waals surface area (Å²) in [6, 6.07) is 0. The van der Waals surface area contributed by atoms with Gasteiger partial charge in [0.25, 0.3) is 0 Å². The van der Waals surface area contributed by atoms with Crippen LogP contribution in [-0.2, 0) is 14.3 Å². The predicted octanol–water partition coefficient (Wildman–Crippen LogP) is 4.00. The Morgan fingerprint density at radius 1 is 0.895 bits per heavy atom. The van der Waals surface area contributed by atoms with Gasteiger partial charge in [-0.3, -0.25) is 9.59 Å². The zero-order chi connectivity index (χ0) is 13.9. The van der Waals surface area contributed by atoms with Crippen molar-refractivity contribution in [2.75, 3.05) is 0 Å². The minimum atomic E-state index is -0.310. The molecular weight excluding hydrogens is 240 g/mol. The van der Waals surface area contributed by atoms with Crippen molar-refractivity contribution in [2.24, 2.45) is 10.8 Å². The van der Waals surface area contributed by atoms with Crippen LogP contribution in [0.15, 0.2) is 0 Å². The van der Waals surface area contributed by atoms with Gasteiger partial charge in [0.2, 0.25) is 0 Å². The standard InChI is InChI=1S/C16H26O3/c1-3-5-15(6-4-2)7-9-16(10-8-15)11-13(17)19-14(18)12-16/h3-12H2,1-2H3. The van der Waals surface area contributed by atoms with Gasteiger partial charge in [0.05, 0.1) is 12.8 Å². The van der Waals surface area contributed by atoms with Gasteiger partial charge in [-0.2, -0.15) is 0 Å². The summed E-state index contributed by atoms with van der Waals surface area (Å²) in [6.07, 6.45) is 10.3. The summed E-state index contributed by atoms with van der Waals surface area (Å²) >= 11 is 0. The average molecular weight is 266 g/mol. The van der Waals surface area contributed by atoms with Crippen LogP contribution in [0.25, 0.3) is 0 Å². The highest BCUT2D eigenvalue weighted by atomic mass is 16.6. The highest BCUT2D eigenvalue weighted by molar-refractivity contribution is 5.89. The largest absolute Gasteiger partial charge is 0.393 e. The van der Waals surface area contributed by atoms with Crippen molar-refractivity contribution in [1.29, 1.82) is 0 Å². The number of ether oxygens (including phenoxy) is 1. The second kappa shape index (κ2) is 5.64. The number of carbonyl (C=O) groups excluding carboxylic acids is 2. The number of cyclic esters (lactones) is 2. The van der Waals surface area contributed by atoms with Crippen LogP contribution in [0.1, 0.15) is 78.1 Å². The van der Waals surface area contributed by atoms with Crippen molar-refractivity contribution in [3.63, 3.8) is 0 Å². The molecule has 0 N–H and O–H groups in total. The number of carbonyl (C=O) groups is 2. The maximum Gasteiger partial charge on any atom is 0.314 e. The Kier molecular flexibility index (Phi) is 4.32. The number of rotatable bonds is 4. The molecule has 2 fully saturated rings. The fourth-order valence-electron chi connectivity index (χ4n) is 4.22. The molecule has 1 saturated carbocycles. The Morgan fingerprint density at radius 2 is 1.37 bits per heavy atom. The van der Waals surface area contributed by atoms with E-state index in [-0.39, 0.29) is 17.4 Å². The van der Waals surface area contributed by atoms with Gasteiger partial charge in [-0.05, 0) is 49.4 Å². The minimum Gasteiger partial charge on any atom is -0.393 e. The summed E-state index contributed by atoms with van der Waals surface area (Å²) in [6.45, 7) is 4.51. The highest BCUT2D eigenvalue weighted by Crippen LogP contribution is 2.54. The summed E-state index contributed by atoms with van der Waals surface area (Å²) in [5.74, 6) is -0.621. The number of hydrogen-bond acceptors (Lipinski definition) is 3. The lowest BCUT2D eigenvalue weighted by atomic mass is 9.58. The van der Waals surface area contributed by atoms with E-state index in [2.05, 4.69) is 18.6 Å². The lowest BCUT2D eigenvalue weighted by molar-refractivity contribution is -0.171. The van der Waals surface area contributed by atoms with E-state index >= 15 is 0 Å². The van der Waals surface area contributed by atoms with Gasteiger partial charge in [-0.25, -0.2) is 0 Å². The molecule has 0 bridgehead atoms. The van der Waals surface area contributed by atoms with Crippen LogP contribution in [0, 0.1) is 10.8 Å². The molecule has 108 valence electrons. The smallest absolute Gasteiger partial charge is 0.314 e. The fourth-order valence-corrected chi connectivity index (χ4v) is 4.22. The van der Waals surface area contributed by atoms with Crippen LogP contribution in [0.3, 0.4) is 0 Å². The molecule has 0 aromatic heterocycles. The van der Waals surface area contributed by atoms with E-state index < -0.39 is 0 Å². The lowest BCUT2D eigenvalue weighted by Gasteiger charge is -2.47. The molecule has 2 aliphatic rings. The van der Waals surface area contributed by atoms with Crippen LogP contribution >= 0.6 is 0 Å². The first-order valence-corrected chi connectivity index (χ1v) is 7.77. The molecule has 1 spiro atoms. The van der Waals surface area contributed by atoms with Gasteiger partial charge < -0.3 is 4.74 Å². The Labute approximate surface area is 116 Å². The third-order valence-corrected chi connectivity index (χ3v) is 5.20. The summed E-state index contributed by atoms with van der Waals surface area (Å²) in [7, 11) is 0. The molecule has 1 heterocycles. The number of hydrogen-bond donors (Lipinski definition) is 0. The van der Waals surface area contributed by atoms with Gasteiger partial charge in [0.15, 0.2) is 0 Å². The van der Waals surface area contributed by atoms with Crippen molar-refractivity contribution in [3.05, 3.63) is 0 Å². The molecule has 0 atom stereocenters. The summed E-state index contributed by atoms with van der Waals surface area (Å²) in [5.41, 5.74) is 0.399. The minimum absolute atomic E-state index is 0.0720. The zero-order valence-electron chi connectivity index (χ0n) is 12.3. The van der Waals surface area contributed by atoms with Crippen LogP contribution in [0.4, 0.5) is 0 Å². The first-order valence-electron chi connectivity index (χ1n) is 7.77. The number of esters is 2. The van der Waals surface area contributed by atoms with Gasteiger partial charge in [0.1, 0.15) is 0 Å². The fraction of sp³-hybridized carbons (Fsp3) is 0.875. The van der Waals surface area contributed by atoms with Gasteiger partial charge in [0, 0.05) is 0 Å². The van der Waals surface area contributed by atoms with E-state index in [0.717, 1.165) is 12.8 Å². The van der Waals surface area contributed by atoms with E-state index in [4.69, 9.17) is 0 Å². The van der Waals surface area contributed by atoms with Gasteiger partial charge in [-0.15, -0.1) is 0 Å². The third-order valence-electron chi connectivity index (χ3n) is 5.20. The molecule has 0 aromatic carbocycles. The van der Waals surface area contributed by atoms with Crippen molar-refractivity contribution >= 4 is 11.9 Å². The Hall–Kier alpha value is -0.860. The normalized spacial score (nSPS) is 25.4. The van der Waals surface area contributed by atoms with Crippen LogP contribution in [0.5, 0.6) is 0 Å². The van der Waals surface area contributed by atoms with Crippen molar-refractivity contribution in [3.8, 4) is 0 Å². The molecule has 0 unspecified atom stereocenters. The summed E-state index contributed by atoms with van der Waals surface area (Å²) in [5, 5.41) is 0. The first kappa shape index (κ1) is 14.5. The zero-order valence-corrected chi connectivity index (χ0v) is 12.3. The Morgan fingerprint density at radius 3 is 1.79 bits per heavy atom. The Balaban J connectivity index is 2.04. The average Bonchev–Trinajstić information content (AvgIpc) is 2.33. The molecule has 0 aromatic rings. The second-order valence-corrected chi connectivity index (χ2v) is 6.70. The van der Waals surface area contributed by atoms with E-state index in [0.29, 0.717) is 18.3 Å². The van der Waals surface area contributed by atoms with Crippen molar-refractivity contribution < 1.29 is 14.3 Å². The third kappa shape index (κ3) is 3.18. The van der Waals surface area contributed by atoms with Crippen LogP contribution < -0.4 is 0 Å². The van der Waals surface area contributed by atoms with Crippen LogP contribution in [0.2, 0.25) is 0 Å². The lowest BCUT2D eigenvalue weighted by Crippen LogP contribution is -2.41. The summed E-state index contributed by atoms with van der Waals surface area (Å²) in [4.78, 5) is 23.0. The molecular formula is C16H26O3. The predicted molar refractivity (Wildman–Crippen MR) is 73.5 cm³/mol. The molecule has 1 aliphatic heterocycles. The first-order chi connectivity index (χ1) is 9.03. The van der Waals surface area contributed by atoms with E-state index in [9.17, 15) is 9.59 Å². The van der Waals surface area contributed by atoms with Gasteiger partial charge >= 0.3 is 11.9 Å². The molecule has 2 rings (SSSR count). The summed E-state index contributed by atoms with van der Waals surface area (Å²) < 4.78 is 4.68. The van der Waals surface area contributed by atoms with Crippen LogP contribution in [-0.4, -0.2) is 11.9 Å². The molecule has 3 heteroatoms. The Bertz CT molecular complexity index is 325. The van der Waals surface area contributed by atoms with E-state index in [1.165, 1.54) is 38.5 Å². The van der Waals surface area contributed by atoms with E-state index in [1.807, 2.05) is 0 Å². The maximum atomic E-state index is 11.5. The molecule has 1 aliphatic carbocycles. The molecule has 0 amide bonds. The molecule has 3 nitrogen and oxygen atoms in total. The molecule has 1 saturated heterocycles. The molecule has 0 radical (unpaired) electrons. The molecule has 19 heavy (non-hydrogen) atoms. The second-order valence-electron chi connectivity index (χ2n) is 6.70. The van der Waals surface area contributed by atoms with Gasteiger partial charge in [-0.1, -0.05) is 26.7 Å². The highest BCUT2D eigenvalue weighted by Gasteiger charge is 2.47. The monoisotopic (exact) mass is 266 g/mol. The maximum absolute atomic E-state index is 11.5. The SMILES string of the molecule is CCCC1(CCC)CCC2(CC1)CC(=O)OC(=O)C2. The van der Waals surface area contributed by atoms with Crippen molar-refractivity contribution in [1.82, 2.24) is 0 Å². The quantitative estimate of drug-likeness (QED) is 0.570. The van der Waals surface area contributed by atoms with Crippen molar-refractivity contribution in [2.45, 2.75) is 78.1 Å². The van der Waals surface area contributed by atoms with E-state index in [1.54, 1.807) is 0 Å².